The summed E-state index contributed by atoms with van der Waals surface area (Å²) in [7, 11) is 0. The van der Waals surface area contributed by atoms with Crippen LogP contribution in [0.4, 0.5) is 4.39 Å². The van der Waals surface area contributed by atoms with Crippen LogP contribution in [0, 0.1) is 11.7 Å². The van der Waals surface area contributed by atoms with Gasteiger partial charge in [-0.25, -0.2) is 4.39 Å². The first-order valence-corrected chi connectivity index (χ1v) is 7.39. The first-order valence-electron chi connectivity index (χ1n) is 7.39. The van der Waals surface area contributed by atoms with Gasteiger partial charge in [-0.3, -0.25) is 10.1 Å². The second-order valence-corrected chi connectivity index (χ2v) is 5.42. The molecule has 1 saturated heterocycles. The van der Waals surface area contributed by atoms with Crippen LogP contribution in [-0.4, -0.2) is 23.4 Å². The minimum absolute atomic E-state index is 0.0534. The SMILES string of the molecule is CCC(CC)C(C)N1C(=O)CNC1c1ccccc1F. The lowest BCUT2D eigenvalue weighted by molar-refractivity contribution is -0.131. The smallest absolute Gasteiger partial charge is 0.238 e. The summed E-state index contributed by atoms with van der Waals surface area (Å²) < 4.78 is 14.0. The number of hydrogen-bond donors (Lipinski definition) is 1. The monoisotopic (exact) mass is 278 g/mol. The van der Waals surface area contributed by atoms with Gasteiger partial charge in [0.1, 0.15) is 12.0 Å². The number of carbonyl (C=O) groups is 1. The average Bonchev–Trinajstić information content (AvgIpc) is 2.82. The van der Waals surface area contributed by atoms with Crippen molar-refractivity contribution in [2.45, 2.75) is 45.8 Å². The Morgan fingerprint density at radius 1 is 1.35 bits per heavy atom. The number of nitrogens with one attached hydrogen (secondary N) is 1. The Kier molecular flexibility index (Phi) is 4.76. The van der Waals surface area contributed by atoms with Gasteiger partial charge in [-0.1, -0.05) is 44.9 Å². The zero-order valence-corrected chi connectivity index (χ0v) is 12.4. The Morgan fingerprint density at radius 3 is 2.60 bits per heavy atom. The average molecular weight is 278 g/mol. The highest BCUT2D eigenvalue weighted by atomic mass is 19.1. The third kappa shape index (κ3) is 2.70. The van der Waals surface area contributed by atoms with Gasteiger partial charge in [-0.2, -0.15) is 0 Å². The number of benzene rings is 1. The summed E-state index contributed by atoms with van der Waals surface area (Å²) in [6.07, 6.45) is 1.69. The molecule has 3 nitrogen and oxygen atoms in total. The van der Waals surface area contributed by atoms with Crippen molar-refractivity contribution in [3.63, 3.8) is 0 Å². The number of carbonyl (C=O) groups excluding carboxylic acids is 1. The van der Waals surface area contributed by atoms with Gasteiger partial charge in [0.25, 0.3) is 0 Å². The molecular weight excluding hydrogens is 255 g/mol. The molecule has 1 aromatic carbocycles. The lowest BCUT2D eigenvalue weighted by Gasteiger charge is -2.35. The molecule has 20 heavy (non-hydrogen) atoms. The third-order valence-electron chi connectivity index (χ3n) is 4.38. The minimum Gasteiger partial charge on any atom is -0.319 e. The summed E-state index contributed by atoms with van der Waals surface area (Å²) in [5.74, 6) is 0.229. The van der Waals surface area contributed by atoms with E-state index in [1.54, 1.807) is 12.1 Å². The molecule has 0 saturated carbocycles. The van der Waals surface area contributed by atoms with Gasteiger partial charge in [0, 0.05) is 11.6 Å². The molecule has 2 atom stereocenters. The van der Waals surface area contributed by atoms with Gasteiger partial charge in [-0.05, 0) is 18.9 Å². The number of nitrogens with zero attached hydrogens (tertiary/aromatic N) is 1. The second-order valence-electron chi connectivity index (χ2n) is 5.42. The summed E-state index contributed by atoms with van der Waals surface area (Å²) in [6, 6.07) is 6.78. The molecule has 1 aliphatic heterocycles. The Balaban J connectivity index is 2.29. The molecule has 0 aromatic heterocycles. The summed E-state index contributed by atoms with van der Waals surface area (Å²) in [6.45, 7) is 6.62. The molecule has 0 bridgehead atoms. The van der Waals surface area contributed by atoms with E-state index in [-0.39, 0.29) is 30.5 Å². The van der Waals surface area contributed by atoms with Crippen LogP contribution in [-0.2, 0) is 4.79 Å². The Morgan fingerprint density at radius 2 is 2.00 bits per heavy atom. The van der Waals surface area contributed by atoms with Gasteiger partial charge >= 0.3 is 0 Å². The fourth-order valence-corrected chi connectivity index (χ4v) is 3.13. The maximum atomic E-state index is 14.0. The van der Waals surface area contributed by atoms with Crippen molar-refractivity contribution >= 4 is 5.91 Å². The molecule has 1 aliphatic rings. The fourth-order valence-electron chi connectivity index (χ4n) is 3.13. The van der Waals surface area contributed by atoms with Crippen molar-refractivity contribution in [3.8, 4) is 0 Å². The van der Waals surface area contributed by atoms with Gasteiger partial charge in [0.2, 0.25) is 5.91 Å². The lowest BCUT2D eigenvalue weighted by Crippen LogP contribution is -2.42. The summed E-state index contributed by atoms with van der Waals surface area (Å²) in [4.78, 5) is 14.0. The van der Waals surface area contributed by atoms with Crippen LogP contribution < -0.4 is 5.32 Å². The van der Waals surface area contributed by atoms with Crippen LogP contribution in [0.5, 0.6) is 0 Å². The fraction of sp³-hybridized carbons (Fsp3) is 0.562. The van der Waals surface area contributed by atoms with Crippen LogP contribution in [0.15, 0.2) is 24.3 Å². The molecule has 1 aromatic rings. The van der Waals surface area contributed by atoms with Crippen LogP contribution in [0.25, 0.3) is 0 Å². The van der Waals surface area contributed by atoms with Crippen molar-refractivity contribution in [1.82, 2.24) is 10.2 Å². The molecule has 4 heteroatoms. The van der Waals surface area contributed by atoms with E-state index in [1.165, 1.54) is 6.07 Å². The van der Waals surface area contributed by atoms with E-state index in [0.717, 1.165) is 12.8 Å². The van der Waals surface area contributed by atoms with E-state index in [1.807, 2.05) is 11.0 Å². The van der Waals surface area contributed by atoms with E-state index in [9.17, 15) is 9.18 Å². The quantitative estimate of drug-likeness (QED) is 0.897. The minimum atomic E-state index is -0.348. The standard InChI is InChI=1S/C16H23FN2O/c1-4-12(5-2)11(3)19-15(20)10-18-16(19)13-8-6-7-9-14(13)17/h6-9,11-12,16,18H,4-5,10H2,1-3H3. The van der Waals surface area contributed by atoms with Crippen LogP contribution in [0.2, 0.25) is 0 Å². The highest BCUT2D eigenvalue weighted by Crippen LogP contribution is 2.30. The normalized spacial score (nSPS) is 20.8. The summed E-state index contributed by atoms with van der Waals surface area (Å²) in [5, 5.41) is 3.13. The van der Waals surface area contributed by atoms with Crippen LogP contribution in [0.3, 0.4) is 0 Å². The third-order valence-corrected chi connectivity index (χ3v) is 4.38. The molecule has 1 fully saturated rings. The Labute approximate surface area is 120 Å². The molecule has 110 valence electrons. The van der Waals surface area contributed by atoms with Crippen molar-refractivity contribution in [2.75, 3.05) is 6.54 Å². The summed E-state index contributed by atoms with van der Waals surface area (Å²) in [5.41, 5.74) is 0.552. The Bertz CT molecular complexity index is 473. The van der Waals surface area contributed by atoms with Gasteiger partial charge in [0.05, 0.1) is 6.54 Å². The number of rotatable bonds is 5. The molecule has 0 radical (unpaired) electrons. The van der Waals surface area contributed by atoms with Gasteiger partial charge in [-0.15, -0.1) is 0 Å². The maximum Gasteiger partial charge on any atom is 0.238 e. The zero-order valence-electron chi connectivity index (χ0n) is 12.4. The second kappa shape index (κ2) is 6.35. The highest BCUT2D eigenvalue weighted by Gasteiger charge is 2.38. The molecule has 2 unspecified atom stereocenters. The Hall–Kier alpha value is -1.42. The molecule has 0 spiro atoms. The van der Waals surface area contributed by atoms with Crippen LogP contribution >= 0.6 is 0 Å². The van der Waals surface area contributed by atoms with E-state index in [0.29, 0.717) is 11.5 Å². The number of halogens is 1. The van der Waals surface area contributed by atoms with Crippen molar-refractivity contribution in [1.29, 1.82) is 0 Å². The molecule has 0 aliphatic carbocycles. The van der Waals surface area contributed by atoms with Crippen molar-refractivity contribution in [3.05, 3.63) is 35.6 Å². The van der Waals surface area contributed by atoms with E-state index in [2.05, 4.69) is 26.1 Å². The molecule has 2 rings (SSSR count). The summed E-state index contributed by atoms with van der Waals surface area (Å²) >= 11 is 0. The van der Waals surface area contributed by atoms with E-state index < -0.39 is 0 Å². The molecular formula is C16H23FN2O. The number of amides is 1. The first kappa shape index (κ1) is 15.0. The molecule has 1 N–H and O–H groups in total. The predicted molar refractivity (Wildman–Crippen MR) is 77.5 cm³/mol. The number of hydrogen-bond acceptors (Lipinski definition) is 2. The molecule has 1 heterocycles. The van der Waals surface area contributed by atoms with E-state index >= 15 is 0 Å². The predicted octanol–water partition coefficient (Wildman–Crippen LogP) is 3.08. The van der Waals surface area contributed by atoms with Gasteiger partial charge < -0.3 is 4.90 Å². The largest absolute Gasteiger partial charge is 0.319 e. The van der Waals surface area contributed by atoms with Gasteiger partial charge in [0.15, 0.2) is 0 Å². The molecule has 1 amide bonds. The zero-order chi connectivity index (χ0) is 14.7. The maximum absolute atomic E-state index is 14.0. The topological polar surface area (TPSA) is 32.3 Å². The van der Waals surface area contributed by atoms with Crippen LogP contribution in [0.1, 0.15) is 45.3 Å². The first-order chi connectivity index (χ1) is 9.60. The van der Waals surface area contributed by atoms with E-state index in [4.69, 9.17) is 0 Å². The van der Waals surface area contributed by atoms with Crippen molar-refractivity contribution < 1.29 is 9.18 Å². The van der Waals surface area contributed by atoms with Crippen molar-refractivity contribution in [2.24, 2.45) is 5.92 Å². The lowest BCUT2D eigenvalue weighted by atomic mass is 9.93. The highest BCUT2D eigenvalue weighted by molar-refractivity contribution is 5.81.